The molecule has 0 spiro atoms. The standard InChI is InChI=1S/C19H22N2O2/c1-13(22)20-18(15-8-2-3-9-15)19(23)21-17-12-6-10-14-7-4-5-11-16(14)17/h4-7,10-12,15,18H,2-3,8-9H2,1H3,(H,20,22)(H,21,23). The van der Waals surface area contributed by atoms with Crippen LogP contribution < -0.4 is 10.6 Å². The van der Waals surface area contributed by atoms with Crippen LogP contribution in [0, 0.1) is 5.92 Å². The smallest absolute Gasteiger partial charge is 0.247 e. The van der Waals surface area contributed by atoms with Crippen LogP contribution in [0.1, 0.15) is 32.6 Å². The first-order valence-corrected chi connectivity index (χ1v) is 8.21. The van der Waals surface area contributed by atoms with Gasteiger partial charge in [-0.3, -0.25) is 9.59 Å². The number of hydrogen-bond acceptors (Lipinski definition) is 2. The number of hydrogen-bond donors (Lipinski definition) is 2. The number of rotatable bonds is 4. The number of carbonyl (C=O) groups is 2. The number of carbonyl (C=O) groups excluding carboxylic acids is 2. The van der Waals surface area contributed by atoms with Gasteiger partial charge in [0.2, 0.25) is 11.8 Å². The Balaban J connectivity index is 1.83. The molecule has 1 saturated carbocycles. The molecule has 4 heteroatoms. The molecule has 2 amide bonds. The van der Waals surface area contributed by atoms with Crippen molar-refractivity contribution >= 4 is 28.3 Å². The van der Waals surface area contributed by atoms with Crippen LogP contribution in [-0.4, -0.2) is 17.9 Å². The van der Waals surface area contributed by atoms with Gasteiger partial charge in [0.15, 0.2) is 0 Å². The third kappa shape index (κ3) is 3.52. The summed E-state index contributed by atoms with van der Waals surface area (Å²) < 4.78 is 0. The van der Waals surface area contributed by atoms with Crippen molar-refractivity contribution in [1.82, 2.24) is 5.32 Å². The molecule has 2 N–H and O–H groups in total. The van der Waals surface area contributed by atoms with E-state index in [1.165, 1.54) is 6.92 Å². The SMILES string of the molecule is CC(=O)NC(C(=O)Nc1cccc2ccccc12)C1CCCC1. The lowest BCUT2D eigenvalue weighted by molar-refractivity contribution is -0.126. The van der Waals surface area contributed by atoms with Gasteiger partial charge in [-0.2, -0.15) is 0 Å². The molecule has 0 saturated heterocycles. The Kier molecular flexibility index (Phi) is 4.60. The molecule has 3 rings (SSSR count). The number of amides is 2. The van der Waals surface area contributed by atoms with E-state index >= 15 is 0 Å². The van der Waals surface area contributed by atoms with Gasteiger partial charge < -0.3 is 10.6 Å². The van der Waals surface area contributed by atoms with Crippen molar-refractivity contribution in [1.29, 1.82) is 0 Å². The summed E-state index contributed by atoms with van der Waals surface area (Å²) >= 11 is 0. The fraction of sp³-hybridized carbons (Fsp3) is 0.368. The van der Waals surface area contributed by atoms with Crippen LogP contribution >= 0.6 is 0 Å². The molecule has 1 unspecified atom stereocenters. The summed E-state index contributed by atoms with van der Waals surface area (Å²) in [5, 5.41) is 7.95. The number of anilines is 1. The minimum Gasteiger partial charge on any atom is -0.344 e. The van der Waals surface area contributed by atoms with Crippen LogP contribution in [0.25, 0.3) is 10.8 Å². The Morgan fingerprint density at radius 2 is 1.74 bits per heavy atom. The molecule has 1 atom stereocenters. The number of nitrogens with one attached hydrogen (secondary N) is 2. The van der Waals surface area contributed by atoms with Crippen LogP contribution in [-0.2, 0) is 9.59 Å². The van der Waals surface area contributed by atoms with E-state index in [0.29, 0.717) is 0 Å². The summed E-state index contributed by atoms with van der Waals surface area (Å²) in [6.07, 6.45) is 4.24. The summed E-state index contributed by atoms with van der Waals surface area (Å²) in [6.45, 7) is 1.47. The lowest BCUT2D eigenvalue weighted by Gasteiger charge is -2.23. The van der Waals surface area contributed by atoms with Crippen molar-refractivity contribution < 1.29 is 9.59 Å². The van der Waals surface area contributed by atoms with Crippen molar-refractivity contribution in [2.45, 2.75) is 38.6 Å². The summed E-state index contributed by atoms with van der Waals surface area (Å²) in [5.41, 5.74) is 0.793. The highest BCUT2D eigenvalue weighted by Gasteiger charge is 2.31. The van der Waals surface area contributed by atoms with Crippen LogP contribution in [0.4, 0.5) is 5.69 Å². The molecule has 1 aliphatic rings. The molecule has 0 aliphatic heterocycles. The van der Waals surface area contributed by atoms with Crippen molar-refractivity contribution in [3.05, 3.63) is 42.5 Å². The van der Waals surface area contributed by atoms with Gasteiger partial charge in [0.1, 0.15) is 6.04 Å². The molecule has 4 nitrogen and oxygen atoms in total. The van der Waals surface area contributed by atoms with Crippen molar-refractivity contribution in [2.24, 2.45) is 5.92 Å². The van der Waals surface area contributed by atoms with E-state index < -0.39 is 6.04 Å². The zero-order chi connectivity index (χ0) is 16.2. The largest absolute Gasteiger partial charge is 0.344 e. The first-order chi connectivity index (χ1) is 11.1. The second-order valence-corrected chi connectivity index (χ2v) is 6.24. The predicted octanol–water partition coefficient (Wildman–Crippen LogP) is 3.47. The maximum absolute atomic E-state index is 12.8. The first kappa shape index (κ1) is 15.5. The minimum atomic E-state index is -0.450. The van der Waals surface area contributed by atoms with Gasteiger partial charge in [0.05, 0.1) is 0 Å². The monoisotopic (exact) mass is 310 g/mol. The van der Waals surface area contributed by atoms with Crippen molar-refractivity contribution in [3.63, 3.8) is 0 Å². The summed E-state index contributed by atoms with van der Waals surface area (Å²) in [4.78, 5) is 24.2. The van der Waals surface area contributed by atoms with E-state index in [-0.39, 0.29) is 17.7 Å². The highest BCUT2D eigenvalue weighted by atomic mass is 16.2. The van der Waals surface area contributed by atoms with Gasteiger partial charge in [-0.25, -0.2) is 0 Å². The molecule has 0 heterocycles. The topological polar surface area (TPSA) is 58.2 Å². The minimum absolute atomic E-state index is 0.122. The van der Waals surface area contributed by atoms with E-state index in [1.54, 1.807) is 0 Å². The fourth-order valence-electron chi connectivity index (χ4n) is 3.45. The fourth-order valence-corrected chi connectivity index (χ4v) is 3.45. The number of fused-ring (bicyclic) bond motifs is 1. The first-order valence-electron chi connectivity index (χ1n) is 8.21. The number of benzene rings is 2. The second-order valence-electron chi connectivity index (χ2n) is 6.24. The molecule has 0 aromatic heterocycles. The quantitative estimate of drug-likeness (QED) is 0.908. The average molecular weight is 310 g/mol. The molecule has 1 aliphatic carbocycles. The molecular weight excluding hydrogens is 288 g/mol. The van der Waals surface area contributed by atoms with Crippen LogP contribution in [0.3, 0.4) is 0 Å². The van der Waals surface area contributed by atoms with Crippen molar-refractivity contribution in [3.8, 4) is 0 Å². The van der Waals surface area contributed by atoms with Gasteiger partial charge in [0.25, 0.3) is 0 Å². The molecule has 2 aromatic rings. The summed E-state index contributed by atoms with van der Waals surface area (Å²) in [5.74, 6) is -0.0488. The van der Waals surface area contributed by atoms with Gasteiger partial charge in [-0.05, 0) is 30.2 Å². The molecule has 0 bridgehead atoms. The Hall–Kier alpha value is -2.36. The van der Waals surface area contributed by atoms with E-state index in [1.807, 2.05) is 42.5 Å². The second kappa shape index (κ2) is 6.82. The zero-order valence-corrected chi connectivity index (χ0v) is 13.3. The highest BCUT2D eigenvalue weighted by molar-refractivity contribution is 6.04. The summed E-state index contributed by atoms with van der Waals surface area (Å²) in [7, 11) is 0. The maximum atomic E-state index is 12.8. The van der Waals surface area contributed by atoms with Crippen LogP contribution in [0.2, 0.25) is 0 Å². The van der Waals surface area contributed by atoms with Gasteiger partial charge in [0, 0.05) is 18.0 Å². The van der Waals surface area contributed by atoms with E-state index in [0.717, 1.165) is 42.1 Å². The van der Waals surface area contributed by atoms with E-state index in [2.05, 4.69) is 10.6 Å². The van der Waals surface area contributed by atoms with Crippen LogP contribution in [0.15, 0.2) is 42.5 Å². The average Bonchev–Trinajstić information content (AvgIpc) is 3.07. The normalized spacial score (nSPS) is 16.2. The predicted molar refractivity (Wildman–Crippen MR) is 92.1 cm³/mol. The van der Waals surface area contributed by atoms with Gasteiger partial charge >= 0.3 is 0 Å². The van der Waals surface area contributed by atoms with Gasteiger partial charge in [-0.15, -0.1) is 0 Å². The lowest BCUT2D eigenvalue weighted by Crippen LogP contribution is -2.47. The highest BCUT2D eigenvalue weighted by Crippen LogP contribution is 2.29. The Bertz CT molecular complexity index is 715. The zero-order valence-electron chi connectivity index (χ0n) is 13.3. The Labute approximate surface area is 136 Å². The Morgan fingerprint density at radius 1 is 1.04 bits per heavy atom. The lowest BCUT2D eigenvalue weighted by atomic mass is 9.97. The third-order valence-electron chi connectivity index (χ3n) is 4.56. The molecule has 120 valence electrons. The molecular formula is C19H22N2O2. The molecule has 23 heavy (non-hydrogen) atoms. The molecule has 2 aromatic carbocycles. The maximum Gasteiger partial charge on any atom is 0.247 e. The van der Waals surface area contributed by atoms with E-state index in [9.17, 15) is 9.59 Å². The Morgan fingerprint density at radius 3 is 2.48 bits per heavy atom. The molecule has 1 fully saturated rings. The molecule has 0 radical (unpaired) electrons. The van der Waals surface area contributed by atoms with Crippen LogP contribution in [0.5, 0.6) is 0 Å². The summed E-state index contributed by atoms with van der Waals surface area (Å²) in [6, 6.07) is 13.4. The third-order valence-corrected chi connectivity index (χ3v) is 4.56. The van der Waals surface area contributed by atoms with E-state index in [4.69, 9.17) is 0 Å². The van der Waals surface area contributed by atoms with Crippen molar-refractivity contribution in [2.75, 3.05) is 5.32 Å². The van der Waals surface area contributed by atoms with Gasteiger partial charge in [-0.1, -0.05) is 49.2 Å².